The number of benzene rings is 1. The van der Waals surface area contributed by atoms with E-state index in [4.69, 9.17) is 0 Å². The van der Waals surface area contributed by atoms with Crippen LogP contribution in [0.2, 0.25) is 0 Å². The lowest BCUT2D eigenvalue weighted by molar-refractivity contribution is -0.130. The third kappa shape index (κ3) is 4.61. The fourth-order valence-corrected chi connectivity index (χ4v) is 4.95. The highest BCUT2D eigenvalue weighted by Crippen LogP contribution is 2.39. The Kier molecular flexibility index (Phi) is 5.77. The Bertz CT molecular complexity index is 807. The zero-order chi connectivity index (χ0) is 19.4. The van der Waals surface area contributed by atoms with Gasteiger partial charge < -0.3 is 4.90 Å². The summed E-state index contributed by atoms with van der Waals surface area (Å²) in [5.74, 6) is 0.310. The summed E-state index contributed by atoms with van der Waals surface area (Å²) >= 11 is 0. The number of hydrogen-bond acceptors (Lipinski definition) is 3. The van der Waals surface area contributed by atoms with Crippen LogP contribution in [0, 0.1) is 12.3 Å². The average Bonchev–Trinajstić information content (AvgIpc) is 3.10. The summed E-state index contributed by atoms with van der Waals surface area (Å²) in [5.41, 5.74) is 4.23. The molecule has 3 heterocycles. The summed E-state index contributed by atoms with van der Waals surface area (Å²) in [7, 11) is 0. The molecule has 1 aromatic heterocycles. The van der Waals surface area contributed by atoms with E-state index in [0.29, 0.717) is 17.7 Å². The molecule has 0 bridgehead atoms. The highest BCUT2D eigenvalue weighted by atomic mass is 16.2. The molecule has 28 heavy (non-hydrogen) atoms. The predicted molar refractivity (Wildman–Crippen MR) is 112 cm³/mol. The molecule has 4 nitrogen and oxygen atoms in total. The summed E-state index contributed by atoms with van der Waals surface area (Å²) in [4.78, 5) is 21.5. The lowest BCUT2D eigenvalue weighted by atomic mass is 9.79. The van der Waals surface area contributed by atoms with Crippen LogP contribution < -0.4 is 0 Å². The monoisotopic (exact) mass is 377 g/mol. The first-order valence-corrected chi connectivity index (χ1v) is 10.6. The molecular formula is C24H31N3O. The van der Waals surface area contributed by atoms with E-state index >= 15 is 0 Å². The van der Waals surface area contributed by atoms with Gasteiger partial charge in [0.05, 0.1) is 0 Å². The molecule has 0 radical (unpaired) electrons. The van der Waals surface area contributed by atoms with Crippen LogP contribution in [0.15, 0.2) is 48.8 Å². The normalized spacial score (nSPS) is 22.7. The van der Waals surface area contributed by atoms with Gasteiger partial charge in [-0.05, 0) is 62.4 Å². The first-order chi connectivity index (χ1) is 13.6. The highest BCUT2D eigenvalue weighted by molar-refractivity contribution is 5.76. The van der Waals surface area contributed by atoms with Crippen LogP contribution in [0.3, 0.4) is 0 Å². The number of amides is 1. The molecule has 1 aromatic carbocycles. The Morgan fingerprint density at radius 3 is 2.75 bits per heavy atom. The Balaban J connectivity index is 1.32. The molecule has 2 aliphatic rings. The molecule has 4 rings (SSSR count). The van der Waals surface area contributed by atoms with Gasteiger partial charge in [0.2, 0.25) is 5.91 Å². The Labute approximate surface area is 168 Å². The van der Waals surface area contributed by atoms with Crippen LogP contribution in [-0.4, -0.2) is 46.9 Å². The molecule has 0 unspecified atom stereocenters. The zero-order valence-electron chi connectivity index (χ0n) is 16.9. The van der Waals surface area contributed by atoms with Crippen molar-refractivity contribution in [2.45, 2.75) is 45.6 Å². The third-order valence-corrected chi connectivity index (χ3v) is 6.40. The first-order valence-electron chi connectivity index (χ1n) is 10.6. The Morgan fingerprint density at radius 2 is 1.93 bits per heavy atom. The van der Waals surface area contributed by atoms with Gasteiger partial charge >= 0.3 is 0 Å². The minimum Gasteiger partial charge on any atom is -0.342 e. The van der Waals surface area contributed by atoms with E-state index in [1.54, 1.807) is 12.4 Å². The molecule has 0 aliphatic carbocycles. The number of hydrogen-bond donors (Lipinski definition) is 0. The fraction of sp³-hybridized carbons (Fsp3) is 0.500. The maximum Gasteiger partial charge on any atom is 0.222 e. The smallest absolute Gasteiger partial charge is 0.222 e. The van der Waals surface area contributed by atoms with Crippen molar-refractivity contribution in [2.75, 3.05) is 26.2 Å². The van der Waals surface area contributed by atoms with Crippen molar-refractivity contribution in [2.24, 2.45) is 5.41 Å². The fourth-order valence-electron chi connectivity index (χ4n) is 4.95. The molecule has 148 valence electrons. The zero-order valence-corrected chi connectivity index (χ0v) is 16.9. The van der Waals surface area contributed by atoms with Gasteiger partial charge in [0.25, 0.3) is 0 Å². The van der Waals surface area contributed by atoms with Crippen molar-refractivity contribution in [3.05, 3.63) is 65.5 Å². The van der Waals surface area contributed by atoms with E-state index in [2.05, 4.69) is 46.0 Å². The third-order valence-electron chi connectivity index (χ3n) is 6.40. The molecule has 1 spiro atoms. The molecular weight excluding hydrogens is 346 g/mol. The van der Waals surface area contributed by atoms with Crippen molar-refractivity contribution >= 4 is 5.91 Å². The molecule has 2 aromatic rings. The first kappa shape index (κ1) is 19.1. The van der Waals surface area contributed by atoms with Crippen molar-refractivity contribution in [1.29, 1.82) is 0 Å². The van der Waals surface area contributed by atoms with Crippen LogP contribution in [0.5, 0.6) is 0 Å². The second-order valence-electron chi connectivity index (χ2n) is 8.72. The van der Waals surface area contributed by atoms with Gasteiger partial charge in [0.15, 0.2) is 0 Å². The van der Waals surface area contributed by atoms with Crippen LogP contribution in [-0.2, 0) is 17.8 Å². The second-order valence-corrected chi connectivity index (χ2v) is 8.72. The van der Waals surface area contributed by atoms with E-state index < -0.39 is 0 Å². The molecule has 2 saturated heterocycles. The minimum atomic E-state index is 0.300. The number of carbonyl (C=O) groups is 1. The van der Waals surface area contributed by atoms with E-state index in [9.17, 15) is 4.79 Å². The Hall–Kier alpha value is -2.20. The molecule has 1 atom stereocenters. The maximum absolute atomic E-state index is 12.8. The van der Waals surface area contributed by atoms with Gasteiger partial charge in [-0.2, -0.15) is 0 Å². The number of nitrogens with zero attached hydrogens (tertiary/aromatic N) is 3. The number of likely N-dealkylation sites (tertiary alicyclic amines) is 2. The summed E-state index contributed by atoms with van der Waals surface area (Å²) in [6, 6.07) is 12.9. The lowest BCUT2D eigenvalue weighted by Crippen LogP contribution is -2.45. The number of aryl methyl sites for hydroxylation is 2. The van der Waals surface area contributed by atoms with Crippen molar-refractivity contribution < 1.29 is 4.79 Å². The topological polar surface area (TPSA) is 36.4 Å². The maximum atomic E-state index is 12.8. The minimum absolute atomic E-state index is 0.300. The molecule has 1 amide bonds. The van der Waals surface area contributed by atoms with Crippen LogP contribution in [0.25, 0.3) is 0 Å². The standard InChI is InChI=1S/C24H31N3O/c1-20-4-2-5-22(16-20)17-26-14-3-10-24(18-26)11-15-27(19-24)23(28)7-6-21-8-12-25-13-9-21/h2,4-5,8-9,12-13,16H,3,6-7,10-11,14-15,17-19H2,1H3/t24-/m1/s1. The lowest BCUT2D eigenvalue weighted by Gasteiger charge is -2.40. The predicted octanol–water partition coefficient (Wildman–Crippen LogP) is 3.84. The van der Waals surface area contributed by atoms with Gasteiger partial charge in [0.1, 0.15) is 0 Å². The molecule has 4 heteroatoms. The Morgan fingerprint density at radius 1 is 1.07 bits per heavy atom. The number of rotatable bonds is 5. The van der Waals surface area contributed by atoms with E-state index in [-0.39, 0.29) is 0 Å². The number of piperidine rings is 1. The van der Waals surface area contributed by atoms with Gasteiger partial charge in [-0.25, -0.2) is 0 Å². The number of aromatic nitrogens is 1. The van der Waals surface area contributed by atoms with Gasteiger partial charge in [-0.1, -0.05) is 29.8 Å². The highest BCUT2D eigenvalue weighted by Gasteiger charge is 2.42. The van der Waals surface area contributed by atoms with Crippen LogP contribution >= 0.6 is 0 Å². The average molecular weight is 378 g/mol. The molecule has 2 fully saturated rings. The number of pyridine rings is 1. The summed E-state index contributed by atoms with van der Waals surface area (Å²) in [6.07, 6.45) is 8.66. The van der Waals surface area contributed by atoms with Gasteiger partial charge in [-0.15, -0.1) is 0 Å². The summed E-state index contributed by atoms with van der Waals surface area (Å²) in [6.45, 7) is 7.34. The van der Waals surface area contributed by atoms with E-state index in [1.165, 1.54) is 36.1 Å². The molecule has 2 aliphatic heterocycles. The molecule has 0 saturated carbocycles. The quantitative estimate of drug-likeness (QED) is 0.794. The second kappa shape index (κ2) is 8.44. The number of carbonyl (C=O) groups excluding carboxylic acids is 1. The molecule has 0 N–H and O–H groups in total. The van der Waals surface area contributed by atoms with Crippen molar-refractivity contribution in [1.82, 2.24) is 14.8 Å². The van der Waals surface area contributed by atoms with Gasteiger partial charge in [-0.3, -0.25) is 14.7 Å². The van der Waals surface area contributed by atoms with Crippen LogP contribution in [0.4, 0.5) is 0 Å². The SMILES string of the molecule is Cc1cccc(CN2CCC[C@@]3(CCN(C(=O)CCc4ccncc4)C3)C2)c1. The van der Waals surface area contributed by atoms with E-state index in [1.807, 2.05) is 12.1 Å². The van der Waals surface area contributed by atoms with Crippen molar-refractivity contribution in [3.63, 3.8) is 0 Å². The van der Waals surface area contributed by atoms with E-state index in [0.717, 1.165) is 39.0 Å². The largest absolute Gasteiger partial charge is 0.342 e. The summed E-state index contributed by atoms with van der Waals surface area (Å²) < 4.78 is 0. The van der Waals surface area contributed by atoms with Gasteiger partial charge in [0, 0.05) is 50.4 Å². The van der Waals surface area contributed by atoms with Crippen LogP contribution in [0.1, 0.15) is 42.4 Å². The summed E-state index contributed by atoms with van der Waals surface area (Å²) in [5, 5.41) is 0. The van der Waals surface area contributed by atoms with Crippen molar-refractivity contribution in [3.8, 4) is 0 Å².